The minimum atomic E-state index is 0.838. The van der Waals surface area contributed by atoms with Crippen molar-refractivity contribution in [1.29, 1.82) is 0 Å². The maximum Gasteiger partial charge on any atom is 0.183 e. The van der Waals surface area contributed by atoms with Crippen LogP contribution in [-0.4, -0.2) is 36.1 Å². The number of nitrogens with one attached hydrogen (secondary N) is 1. The molecule has 3 nitrogen and oxygen atoms in total. The van der Waals surface area contributed by atoms with Crippen molar-refractivity contribution < 1.29 is 0 Å². The Balaban J connectivity index is 1.60. The maximum absolute atomic E-state index is 4.62. The van der Waals surface area contributed by atoms with Gasteiger partial charge in [-0.2, -0.15) is 0 Å². The van der Waals surface area contributed by atoms with E-state index in [1.807, 2.05) is 0 Å². The second-order valence-electron chi connectivity index (χ2n) is 5.13. The molecule has 1 saturated carbocycles. The number of nitrogens with zero attached hydrogens (tertiary/aromatic N) is 2. The summed E-state index contributed by atoms with van der Waals surface area (Å²) in [5.41, 5.74) is 2.38. The first-order chi connectivity index (χ1) is 8.72. The van der Waals surface area contributed by atoms with Gasteiger partial charge >= 0.3 is 0 Å². The second kappa shape index (κ2) is 4.86. The molecule has 0 unspecified atom stereocenters. The van der Waals surface area contributed by atoms with Gasteiger partial charge in [0, 0.05) is 19.1 Å². The molecule has 1 aliphatic rings. The predicted molar refractivity (Wildman–Crippen MR) is 78.5 cm³/mol. The number of thiazole rings is 1. The van der Waals surface area contributed by atoms with Crippen LogP contribution in [0.4, 0.5) is 5.13 Å². The summed E-state index contributed by atoms with van der Waals surface area (Å²) < 4.78 is 1.26. The first-order valence-electron chi connectivity index (χ1n) is 6.54. The standard InChI is InChI=1S/C14H19N3S/c1-10-3-6-13-12(9-10)16-14(18-13)15-7-8-17(2)11-4-5-11/h3,6,9,11H,4-5,7-8H2,1-2H3,(H,15,16). The Labute approximate surface area is 112 Å². The van der Waals surface area contributed by atoms with Crippen LogP contribution in [0.2, 0.25) is 0 Å². The van der Waals surface area contributed by atoms with Crippen LogP contribution < -0.4 is 5.32 Å². The number of likely N-dealkylation sites (N-methyl/N-ethyl adjacent to an activating group) is 1. The summed E-state index contributed by atoms with van der Waals surface area (Å²) in [6.45, 7) is 4.18. The summed E-state index contributed by atoms with van der Waals surface area (Å²) in [5, 5.41) is 4.47. The minimum absolute atomic E-state index is 0.838. The normalized spacial score (nSPS) is 15.5. The van der Waals surface area contributed by atoms with Crippen LogP contribution >= 0.6 is 11.3 Å². The van der Waals surface area contributed by atoms with E-state index < -0.39 is 0 Å². The topological polar surface area (TPSA) is 28.2 Å². The molecule has 1 aromatic heterocycles. The van der Waals surface area contributed by atoms with Gasteiger partial charge in [-0.15, -0.1) is 0 Å². The van der Waals surface area contributed by atoms with Crippen LogP contribution in [0.25, 0.3) is 10.2 Å². The van der Waals surface area contributed by atoms with Crippen molar-refractivity contribution in [1.82, 2.24) is 9.88 Å². The highest BCUT2D eigenvalue weighted by atomic mass is 32.1. The van der Waals surface area contributed by atoms with E-state index in [9.17, 15) is 0 Å². The fraction of sp³-hybridized carbons (Fsp3) is 0.500. The lowest BCUT2D eigenvalue weighted by atomic mass is 10.2. The molecule has 3 rings (SSSR count). The molecule has 18 heavy (non-hydrogen) atoms. The summed E-state index contributed by atoms with van der Waals surface area (Å²) in [6, 6.07) is 7.28. The molecule has 0 radical (unpaired) electrons. The van der Waals surface area contributed by atoms with Crippen LogP contribution in [0.3, 0.4) is 0 Å². The van der Waals surface area contributed by atoms with Gasteiger partial charge in [0.1, 0.15) is 0 Å². The number of aryl methyl sites for hydroxylation is 1. The third kappa shape index (κ3) is 2.65. The van der Waals surface area contributed by atoms with Gasteiger partial charge in [0.15, 0.2) is 5.13 Å². The molecule has 2 aromatic rings. The van der Waals surface area contributed by atoms with E-state index in [2.05, 4.69) is 47.4 Å². The molecule has 0 bridgehead atoms. The zero-order chi connectivity index (χ0) is 12.5. The molecule has 4 heteroatoms. The Morgan fingerprint density at radius 2 is 2.28 bits per heavy atom. The Morgan fingerprint density at radius 3 is 3.06 bits per heavy atom. The number of hydrogen-bond acceptors (Lipinski definition) is 4. The molecule has 1 N–H and O–H groups in total. The largest absolute Gasteiger partial charge is 0.360 e. The molecule has 1 aliphatic carbocycles. The van der Waals surface area contributed by atoms with Gasteiger partial charge in [0.05, 0.1) is 10.2 Å². The fourth-order valence-corrected chi connectivity index (χ4v) is 3.02. The van der Waals surface area contributed by atoms with Crippen LogP contribution in [0.15, 0.2) is 18.2 Å². The smallest absolute Gasteiger partial charge is 0.183 e. The van der Waals surface area contributed by atoms with Gasteiger partial charge in [-0.1, -0.05) is 17.4 Å². The summed E-state index contributed by atoms with van der Waals surface area (Å²) in [6.07, 6.45) is 2.74. The minimum Gasteiger partial charge on any atom is -0.360 e. The Morgan fingerprint density at radius 1 is 1.44 bits per heavy atom. The lowest BCUT2D eigenvalue weighted by Gasteiger charge is -2.15. The van der Waals surface area contributed by atoms with E-state index in [0.717, 1.165) is 29.8 Å². The molecular formula is C14H19N3S. The summed E-state index contributed by atoms with van der Waals surface area (Å²) >= 11 is 1.74. The van der Waals surface area contributed by atoms with E-state index in [1.54, 1.807) is 11.3 Å². The lowest BCUT2D eigenvalue weighted by Crippen LogP contribution is -2.26. The van der Waals surface area contributed by atoms with Gasteiger partial charge in [0.2, 0.25) is 0 Å². The average Bonchev–Trinajstić information content (AvgIpc) is 3.11. The highest BCUT2D eigenvalue weighted by Gasteiger charge is 2.25. The SMILES string of the molecule is Cc1ccc2sc(NCCN(C)C3CC3)nc2c1. The molecule has 1 fully saturated rings. The van der Waals surface area contributed by atoms with Gasteiger partial charge in [-0.3, -0.25) is 0 Å². The summed E-state index contributed by atoms with van der Waals surface area (Å²) in [5.74, 6) is 0. The predicted octanol–water partition coefficient (Wildman–Crippen LogP) is 3.11. The van der Waals surface area contributed by atoms with E-state index in [4.69, 9.17) is 0 Å². The van der Waals surface area contributed by atoms with Crippen molar-refractivity contribution in [2.24, 2.45) is 0 Å². The van der Waals surface area contributed by atoms with Crippen LogP contribution in [0.5, 0.6) is 0 Å². The van der Waals surface area contributed by atoms with E-state index >= 15 is 0 Å². The number of rotatable bonds is 5. The van der Waals surface area contributed by atoms with Gasteiger partial charge < -0.3 is 10.2 Å². The first kappa shape index (κ1) is 11.9. The maximum atomic E-state index is 4.62. The fourth-order valence-electron chi connectivity index (χ4n) is 2.15. The van der Waals surface area contributed by atoms with Crippen molar-refractivity contribution in [3.8, 4) is 0 Å². The van der Waals surface area contributed by atoms with Crippen LogP contribution in [-0.2, 0) is 0 Å². The number of hydrogen-bond donors (Lipinski definition) is 1. The number of fused-ring (bicyclic) bond motifs is 1. The number of aromatic nitrogens is 1. The number of anilines is 1. The van der Waals surface area contributed by atoms with E-state index in [-0.39, 0.29) is 0 Å². The Hall–Kier alpha value is -1.13. The highest BCUT2D eigenvalue weighted by Crippen LogP contribution is 2.27. The Kier molecular flexibility index (Phi) is 3.22. The molecule has 0 amide bonds. The van der Waals surface area contributed by atoms with Crippen LogP contribution in [0, 0.1) is 6.92 Å². The van der Waals surface area contributed by atoms with Crippen LogP contribution in [0.1, 0.15) is 18.4 Å². The third-order valence-corrected chi connectivity index (χ3v) is 4.45. The third-order valence-electron chi connectivity index (χ3n) is 3.45. The lowest BCUT2D eigenvalue weighted by molar-refractivity contribution is 0.337. The zero-order valence-corrected chi connectivity index (χ0v) is 11.8. The van der Waals surface area contributed by atoms with Gasteiger partial charge in [-0.25, -0.2) is 4.98 Å². The van der Waals surface area contributed by atoms with Crippen molar-refractivity contribution in [2.75, 3.05) is 25.5 Å². The number of benzene rings is 1. The van der Waals surface area contributed by atoms with E-state index in [1.165, 1.54) is 23.1 Å². The Bertz CT molecular complexity index is 545. The summed E-state index contributed by atoms with van der Waals surface area (Å²) in [4.78, 5) is 7.05. The first-order valence-corrected chi connectivity index (χ1v) is 7.35. The van der Waals surface area contributed by atoms with Crippen molar-refractivity contribution in [2.45, 2.75) is 25.8 Å². The quantitative estimate of drug-likeness (QED) is 0.896. The molecule has 0 spiro atoms. The molecule has 96 valence electrons. The van der Waals surface area contributed by atoms with Gasteiger partial charge in [-0.05, 0) is 44.5 Å². The summed E-state index contributed by atoms with van der Waals surface area (Å²) in [7, 11) is 2.21. The van der Waals surface area contributed by atoms with Gasteiger partial charge in [0.25, 0.3) is 0 Å². The molecule has 0 saturated heterocycles. The van der Waals surface area contributed by atoms with E-state index in [0.29, 0.717) is 0 Å². The molecule has 0 aliphatic heterocycles. The highest BCUT2D eigenvalue weighted by molar-refractivity contribution is 7.22. The molecule has 0 atom stereocenters. The molecule has 1 heterocycles. The average molecular weight is 261 g/mol. The van der Waals surface area contributed by atoms with Crippen molar-refractivity contribution >= 4 is 26.7 Å². The second-order valence-corrected chi connectivity index (χ2v) is 6.16. The molecular weight excluding hydrogens is 242 g/mol. The monoisotopic (exact) mass is 261 g/mol. The zero-order valence-electron chi connectivity index (χ0n) is 10.9. The molecule has 1 aromatic carbocycles. The van der Waals surface area contributed by atoms with Crippen molar-refractivity contribution in [3.05, 3.63) is 23.8 Å². The van der Waals surface area contributed by atoms with Crippen molar-refractivity contribution in [3.63, 3.8) is 0 Å².